The van der Waals surface area contributed by atoms with Crippen LogP contribution in [0.4, 0.5) is 20.5 Å². The average molecular weight is 318 g/mol. The van der Waals surface area contributed by atoms with E-state index in [0.29, 0.717) is 17.9 Å². The minimum atomic E-state index is -0.531. The maximum Gasteiger partial charge on any atom is 0.221 e. The number of benzene rings is 1. The van der Waals surface area contributed by atoms with Crippen molar-refractivity contribution in [3.05, 3.63) is 47.7 Å². The molecule has 2 heterocycles. The van der Waals surface area contributed by atoms with Gasteiger partial charge in [0.05, 0.1) is 0 Å². The Hall–Kier alpha value is -2.24. The van der Waals surface area contributed by atoms with Crippen LogP contribution in [-0.2, 0) is 6.42 Å². The van der Waals surface area contributed by atoms with Gasteiger partial charge in [-0.1, -0.05) is 6.07 Å². The van der Waals surface area contributed by atoms with E-state index in [0.717, 1.165) is 44.2 Å². The first-order valence-corrected chi connectivity index (χ1v) is 7.89. The van der Waals surface area contributed by atoms with Gasteiger partial charge < -0.3 is 10.6 Å². The van der Waals surface area contributed by atoms with Crippen molar-refractivity contribution in [3.63, 3.8) is 0 Å². The molecular weight excluding hydrogens is 298 g/mol. The standard InChI is InChI=1S/C17H20F2N4/c18-14-6-5-13(15(19)10-14)4-3-12-2-1-9-23(11-12)16-7-8-21-17(20)22-16/h5-8,10,12H,1-4,9,11H2,(H2,20,21,22)/t12-/m1/s1. The van der Waals surface area contributed by atoms with Crippen LogP contribution in [0, 0.1) is 17.6 Å². The third-order valence-electron chi connectivity index (χ3n) is 4.34. The molecule has 0 saturated carbocycles. The lowest BCUT2D eigenvalue weighted by Gasteiger charge is -2.33. The number of hydrogen-bond acceptors (Lipinski definition) is 4. The molecule has 0 amide bonds. The summed E-state index contributed by atoms with van der Waals surface area (Å²) >= 11 is 0. The van der Waals surface area contributed by atoms with E-state index in [4.69, 9.17) is 5.73 Å². The lowest BCUT2D eigenvalue weighted by molar-refractivity contribution is 0.388. The van der Waals surface area contributed by atoms with Crippen LogP contribution >= 0.6 is 0 Å². The Bertz CT molecular complexity index is 677. The van der Waals surface area contributed by atoms with Gasteiger partial charge >= 0.3 is 0 Å². The van der Waals surface area contributed by atoms with Crippen molar-refractivity contribution in [1.82, 2.24) is 9.97 Å². The first-order valence-electron chi connectivity index (χ1n) is 7.89. The molecule has 0 unspecified atom stereocenters. The number of nitrogens with zero attached hydrogens (tertiary/aromatic N) is 3. The van der Waals surface area contributed by atoms with Gasteiger partial charge in [0.15, 0.2) is 0 Å². The van der Waals surface area contributed by atoms with Gasteiger partial charge in [0, 0.05) is 25.4 Å². The molecule has 0 radical (unpaired) electrons. The summed E-state index contributed by atoms with van der Waals surface area (Å²) in [5.74, 6) is 0.593. The summed E-state index contributed by atoms with van der Waals surface area (Å²) in [7, 11) is 0. The third-order valence-corrected chi connectivity index (χ3v) is 4.34. The fourth-order valence-electron chi connectivity index (χ4n) is 3.13. The summed E-state index contributed by atoms with van der Waals surface area (Å²) in [6, 6.07) is 5.66. The van der Waals surface area contributed by atoms with E-state index in [9.17, 15) is 8.78 Å². The van der Waals surface area contributed by atoms with Crippen molar-refractivity contribution in [2.75, 3.05) is 23.7 Å². The molecule has 6 heteroatoms. The number of hydrogen-bond donors (Lipinski definition) is 1. The molecule has 1 aromatic heterocycles. The second kappa shape index (κ2) is 6.89. The molecule has 0 spiro atoms. The monoisotopic (exact) mass is 318 g/mol. The van der Waals surface area contributed by atoms with Crippen LogP contribution in [0.25, 0.3) is 0 Å². The molecule has 0 aliphatic carbocycles. The Morgan fingerprint density at radius 1 is 1.26 bits per heavy atom. The maximum absolute atomic E-state index is 13.7. The van der Waals surface area contributed by atoms with Crippen LogP contribution in [0.5, 0.6) is 0 Å². The Morgan fingerprint density at radius 3 is 2.91 bits per heavy atom. The van der Waals surface area contributed by atoms with Gasteiger partial charge in [0.25, 0.3) is 0 Å². The number of aromatic nitrogens is 2. The Balaban J connectivity index is 1.60. The van der Waals surface area contributed by atoms with Crippen LogP contribution in [0.1, 0.15) is 24.8 Å². The fourth-order valence-corrected chi connectivity index (χ4v) is 3.13. The van der Waals surface area contributed by atoms with Crippen LogP contribution in [0.15, 0.2) is 30.5 Å². The number of anilines is 2. The zero-order valence-corrected chi connectivity index (χ0v) is 12.9. The Kier molecular flexibility index (Phi) is 4.69. The van der Waals surface area contributed by atoms with E-state index < -0.39 is 11.6 Å². The second-order valence-electron chi connectivity index (χ2n) is 6.00. The summed E-state index contributed by atoms with van der Waals surface area (Å²) in [4.78, 5) is 10.4. The number of piperidine rings is 1. The van der Waals surface area contributed by atoms with E-state index in [1.807, 2.05) is 6.07 Å². The van der Waals surface area contributed by atoms with Gasteiger partial charge in [-0.05, 0) is 49.3 Å². The van der Waals surface area contributed by atoms with E-state index in [-0.39, 0.29) is 5.95 Å². The SMILES string of the molecule is Nc1nccc(N2CCC[C@H](CCc3ccc(F)cc3F)C2)n1. The Morgan fingerprint density at radius 2 is 2.13 bits per heavy atom. The number of halogens is 2. The molecule has 1 saturated heterocycles. The molecule has 23 heavy (non-hydrogen) atoms. The van der Waals surface area contributed by atoms with Crippen LogP contribution in [0.2, 0.25) is 0 Å². The van der Waals surface area contributed by atoms with E-state index in [2.05, 4.69) is 14.9 Å². The first-order chi connectivity index (χ1) is 11.1. The highest BCUT2D eigenvalue weighted by molar-refractivity contribution is 5.41. The van der Waals surface area contributed by atoms with Gasteiger partial charge in [0.2, 0.25) is 5.95 Å². The predicted octanol–water partition coefficient (Wildman–Crippen LogP) is 3.19. The van der Waals surface area contributed by atoms with Gasteiger partial charge in [-0.25, -0.2) is 13.8 Å². The van der Waals surface area contributed by atoms with E-state index in [1.165, 1.54) is 12.1 Å². The van der Waals surface area contributed by atoms with Crippen molar-refractivity contribution in [3.8, 4) is 0 Å². The summed E-state index contributed by atoms with van der Waals surface area (Å²) in [5.41, 5.74) is 6.22. The summed E-state index contributed by atoms with van der Waals surface area (Å²) in [5, 5.41) is 0. The molecule has 1 aromatic carbocycles. The summed E-state index contributed by atoms with van der Waals surface area (Å²) < 4.78 is 26.7. The van der Waals surface area contributed by atoms with Crippen LogP contribution < -0.4 is 10.6 Å². The molecule has 2 aromatic rings. The second-order valence-corrected chi connectivity index (χ2v) is 6.00. The molecule has 1 atom stereocenters. The Labute approximate surface area is 134 Å². The molecule has 3 rings (SSSR count). The van der Waals surface area contributed by atoms with E-state index >= 15 is 0 Å². The molecular formula is C17H20F2N4. The predicted molar refractivity (Wildman–Crippen MR) is 86.1 cm³/mol. The lowest BCUT2D eigenvalue weighted by atomic mass is 9.91. The summed E-state index contributed by atoms with van der Waals surface area (Å²) in [6.45, 7) is 1.82. The van der Waals surface area contributed by atoms with Crippen molar-refractivity contribution < 1.29 is 8.78 Å². The zero-order valence-electron chi connectivity index (χ0n) is 12.9. The minimum absolute atomic E-state index is 0.276. The minimum Gasteiger partial charge on any atom is -0.368 e. The molecule has 0 bridgehead atoms. The number of nitrogens with two attached hydrogens (primary N) is 1. The van der Waals surface area contributed by atoms with Gasteiger partial charge in [-0.3, -0.25) is 0 Å². The highest BCUT2D eigenvalue weighted by Crippen LogP contribution is 2.25. The summed E-state index contributed by atoms with van der Waals surface area (Å²) in [6.07, 6.45) is 5.34. The van der Waals surface area contributed by atoms with Crippen LogP contribution in [0.3, 0.4) is 0 Å². The number of aryl methyl sites for hydroxylation is 1. The van der Waals surface area contributed by atoms with Gasteiger partial charge in [0.1, 0.15) is 17.5 Å². The molecule has 1 aliphatic heterocycles. The third kappa shape index (κ3) is 3.94. The first kappa shape index (κ1) is 15.6. The van der Waals surface area contributed by atoms with E-state index in [1.54, 1.807) is 6.20 Å². The zero-order chi connectivity index (χ0) is 16.2. The molecule has 2 N–H and O–H groups in total. The largest absolute Gasteiger partial charge is 0.368 e. The van der Waals surface area contributed by atoms with Crippen molar-refractivity contribution in [1.29, 1.82) is 0 Å². The number of rotatable bonds is 4. The smallest absolute Gasteiger partial charge is 0.221 e. The molecule has 4 nitrogen and oxygen atoms in total. The topological polar surface area (TPSA) is 55.0 Å². The average Bonchev–Trinajstić information content (AvgIpc) is 2.54. The fraction of sp³-hybridized carbons (Fsp3) is 0.412. The highest BCUT2D eigenvalue weighted by atomic mass is 19.1. The lowest BCUT2D eigenvalue weighted by Crippen LogP contribution is -2.36. The van der Waals surface area contributed by atoms with Gasteiger partial charge in [-0.2, -0.15) is 4.98 Å². The normalized spacial score (nSPS) is 18.2. The van der Waals surface area contributed by atoms with Crippen molar-refractivity contribution >= 4 is 11.8 Å². The van der Waals surface area contributed by atoms with Crippen molar-refractivity contribution in [2.24, 2.45) is 5.92 Å². The highest BCUT2D eigenvalue weighted by Gasteiger charge is 2.21. The maximum atomic E-state index is 13.7. The van der Waals surface area contributed by atoms with Gasteiger partial charge in [-0.15, -0.1) is 0 Å². The molecule has 122 valence electrons. The molecule has 1 aliphatic rings. The quantitative estimate of drug-likeness (QED) is 0.940. The van der Waals surface area contributed by atoms with Crippen LogP contribution in [-0.4, -0.2) is 23.1 Å². The van der Waals surface area contributed by atoms with Crippen molar-refractivity contribution in [2.45, 2.75) is 25.7 Å². The molecule has 1 fully saturated rings. The number of nitrogen functional groups attached to an aromatic ring is 1.